The molecule has 0 aliphatic carbocycles. The van der Waals surface area contributed by atoms with Crippen LogP contribution in [0.1, 0.15) is 18.9 Å². The highest BCUT2D eigenvalue weighted by Gasteiger charge is 2.12. The first kappa shape index (κ1) is 14.0. The molecule has 0 aliphatic rings. The first-order chi connectivity index (χ1) is 8.52. The molecule has 0 aliphatic heterocycles. The van der Waals surface area contributed by atoms with Crippen molar-refractivity contribution in [1.82, 2.24) is 4.90 Å². The lowest BCUT2D eigenvalue weighted by atomic mass is 10.2. The lowest BCUT2D eigenvalue weighted by Gasteiger charge is -2.20. The molecule has 2 N–H and O–H groups in total. The summed E-state index contributed by atoms with van der Waals surface area (Å²) in [6, 6.07) is 7.17. The Labute approximate surface area is 106 Å². The lowest BCUT2D eigenvalue weighted by Crippen LogP contribution is -2.36. The Balaban J connectivity index is 2.56. The molecule has 5 nitrogen and oxygen atoms in total. The molecule has 0 heterocycles. The number of nitrogens with zero attached hydrogens (tertiary/aromatic N) is 1. The van der Waals surface area contributed by atoms with Crippen LogP contribution in [-0.2, 0) is 4.79 Å². The molecule has 0 fully saturated rings. The van der Waals surface area contributed by atoms with Gasteiger partial charge in [-0.25, -0.2) is 4.79 Å². The number of carbonyl (C=O) groups excluding carboxylic acids is 1. The topological polar surface area (TPSA) is 69.6 Å². The maximum Gasteiger partial charge on any atom is 0.321 e. The van der Waals surface area contributed by atoms with Crippen molar-refractivity contribution in [3.63, 3.8) is 0 Å². The first-order valence-electron chi connectivity index (χ1n) is 5.87. The average molecular weight is 250 g/mol. The Morgan fingerprint density at radius 2 is 1.89 bits per heavy atom. The third kappa shape index (κ3) is 4.45. The Hall–Kier alpha value is -2.04. The zero-order valence-corrected chi connectivity index (χ0v) is 10.6. The summed E-state index contributed by atoms with van der Waals surface area (Å²) in [7, 11) is 0. The summed E-state index contributed by atoms with van der Waals surface area (Å²) >= 11 is 0. The molecule has 0 aromatic heterocycles. The predicted octanol–water partition coefficient (Wildman–Crippen LogP) is 2.32. The summed E-state index contributed by atoms with van der Waals surface area (Å²) < 4.78 is 0. The van der Waals surface area contributed by atoms with Crippen LogP contribution in [0.5, 0.6) is 0 Å². The fraction of sp³-hybridized carbons (Fsp3) is 0.385. The summed E-state index contributed by atoms with van der Waals surface area (Å²) in [5.74, 6) is -0.906. The van der Waals surface area contributed by atoms with E-state index in [-0.39, 0.29) is 19.0 Å². The number of aliphatic carboxylic acids is 1. The maximum absolute atomic E-state index is 11.9. The molecule has 2 amide bonds. The zero-order valence-electron chi connectivity index (χ0n) is 10.6. The van der Waals surface area contributed by atoms with Crippen molar-refractivity contribution in [2.24, 2.45) is 0 Å². The van der Waals surface area contributed by atoms with Gasteiger partial charge in [-0.05, 0) is 26.0 Å². The van der Waals surface area contributed by atoms with Crippen molar-refractivity contribution in [2.45, 2.75) is 20.3 Å². The minimum atomic E-state index is -0.906. The van der Waals surface area contributed by atoms with E-state index in [1.165, 1.54) is 4.90 Å². The van der Waals surface area contributed by atoms with E-state index >= 15 is 0 Å². The molecule has 0 radical (unpaired) electrons. The zero-order chi connectivity index (χ0) is 13.5. The fourth-order valence-electron chi connectivity index (χ4n) is 1.47. The summed E-state index contributed by atoms with van der Waals surface area (Å²) in [4.78, 5) is 23.8. The molecule has 1 aromatic rings. The van der Waals surface area contributed by atoms with Gasteiger partial charge in [0.1, 0.15) is 0 Å². The number of benzene rings is 1. The van der Waals surface area contributed by atoms with Crippen molar-refractivity contribution < 1.29 is 14.7 Å². The largest absolute Gasteiger partial charge is 0.481 e. The van der Waals surface area contributed by atoms with Gasteiger partial charge in [-0.15, -0.1) is 0 Å². The number of hydrogen-bond donors (Lipinski definition) is 2. The predicted molar refractivity (Wildman–Crippen MR) is 69.7 cm³/mol. The summed E-state index contributed by atoms with van der Waals surface area (Å²) in [5.41, 5.74) is 1.82. The van der Waals surface area contributed by atoms with E-state index in [0.29, 0.717) is 12.2 Å². The molecular weight excluding hydrogens is 232 g/mol. The minimum Gasteiger partial charge on any atom is -0.481 e. The van der Waals surface area contributed by atoms with E-state index < -0.39 is 5.97 Å². The number of aryl methyl sites for hydroxylation is 1. The second-order valence-corrected chi connectivity index (χ2v) is 4.02. The molecule has 0 saturated carbocycles. The molecule has 5 heteroatoms. The molecule has 18 heavy (non-hydrogen) atoms. The van der Waals surface area contributed by atoms with Gasteiger partial charge >= 0.3 is 12.0 Å². The van der Waals surface area contributed by atoms with Crippen molar-refractivity contribution in [3.8, 4) is 0 Å². The number of urea groups is 1. The Bertz CT molecular complexity index is 415. The number of carboxylic acids is 1. The van der Waals surface area contributed by atoms with Crippen molar-refractivity contribution in [1.29, 1.82) is 0 Å². The Morgan fingerprint density at radius 3 is 2.39 bits per heavy atom. The molecule has 0 unspecified atom stereocenters. The molecule has 0 atom stereocenters. The van der Waals surface area contributed by atoms with Crippen LogP contribution in [-0.4, -0.2) is 35.1 Å². The van der Waals surface area contributed by atoms with E-state index in [1.807, 2.05) is 38.1 Å². The lowest BCUT2D eigenvalue weighted by molar-refractivity contribution is -0.137. The summed E-state index contributed by atoms with van der Waals surface area (Å²) in [6.45, 7) is 4.47. The number of rotatable bonds is 5. The standard InChI is InChI=1S/C13H18N2O3/c1-3-15(9-8-12(16)17)13(18)14-11-6-4-10(2)5-7-11/h4-7H,3,8-9H2,1-2H3,(H,14,18)(H,16,17). The van der Waals surface area contributed by atoms with Crippen LogP contribution in [0.3, 0.4) is 0 Å². The summed E-state index contributed by atoms with van der Waals surface area (Å²) in [5, 5.41) is 11.3. The van der Waals surface area contributed by atoms with E-state index in [1.54, 1.807) is 0 Å². The maximum atomic E-state index is 11.9. The van der Waals surface area contributed by atoms with Crippen molar-refractivity contribution in [2.75, 3.05) is 18.4 Å². The van der Waals surface area contributed by atoms with Gasteiger partial charge in [-0.2, -0.15) is 0 Å². The van der Waals surface area contributed by atoms with Gasteiger partial charge in [0, 0.05) is 18.8 Å². The van der Waals surface area contributed by atoms with Crippen LogP contribution < -0.4 is 5.32 Å². The van der Waals surface area contributed by atoms with E-state index in [9.17, 15) is 9.59 Å². The summed E-state index contributed by atoms with van der Waals surface area (Å²) in [6.07, 6.45) is -0.0465. The highest BCUT2D eigenvalue weighted by molar-refractivity contribution is 5.89. The smallest absolute Gasteiger partial charge is 0.321 e. The van der Waals surface area contributed by atoms with Crippen LogP contribution in [0.4, 0.5) is 10.5 Å². The number of amides is 2. The van der Waals surface area contributed by atoms with Crippen LogP contribution >= 0.6 is 0 Å². The van der Waals surface area contributed by atoms with Gasteiger partial charge < -0.3 is 15.3 Å². The third-order valence-corrected chi connectivity index (χ3v) is 2.57. The molecular formula is C13H18N2O3. The second kappa shape index (κ2) is 6.64. The highest BCUT2D eigenvalue weighted by atomic mass is 16.4. The first-order valence-corrected chi connectivity index (χ1v) is 5.87. The van der Waals surface area contributed by atoms with Crippen LogP contribution in [0.15, 0.2) is 24.3 Å². The molecule has 0 bridgehead atoms. The van der Waals surface area contributed by atoms with Gasteiger partial charge in [-0.3, -0.25) is 4.79 Å². The second-order valence-electron chi connectivity index (χ2n) is 4.02. The van der Waals surface area contributed by atoms with Crippen molar-refractivity contribution >= 4 is 17.7 Å². The monoisotopic (exact) mass is 250 g/mol. The van der Waals surface area contributed by atoms with Gasteiger partial charge in [0.2, 0.25) is 0 Å². The Kier molecular flexibility index (Phi) is 5.17. The number of hydrogen-bond acceptors (Lipinski definition) is 2. The number of anilines is 1. The molecule has 1 aromatic carbocycles. The number of nitrogens with one attached hydrogen (secondary N) is 1. The number of carbonyl (C=O) groups is 2. The van der Waals surface area contributed by atoms with Crippen LogP contribution in [0.25, 0.3) is 0 Å². The van der Waals surface area contributed by atoms with Crippen LogP contribution in [0.2, 0.25) is 0 Å². The van der Waals surface area contributed by atoms with E-state index in [2.05, 4.69) is 5.32 Å². The quantitative estimate of drug-likeness (QED) is 0.842. The normalized spacial score (nSPS) is 9.89. The van der Waals surface area contributed by atoms with E-state index in [4.69, 9.17) is 5.11 Å². The Morgan fingerprint density at radius 1 is 1.28 bits per heavy atom. The SMILES string of the molecule is CCN(CCC(=O)O)C(=O)Nc1ccc(C)cc1. The minimum absolute atomic E-state index is 0.0465. The molecule has 98 valence electrons. The molecule has 0 spiro atoms. The van der Waals surface area contributed by atoms with Crippen molar-refractivity contribution in [3.05, 3.63) is 29.8 Å². The van der Waals surface area contributed by atoms with Gasteiger partial charge in [0.05, 0.1) is 6.42 Å². The van der Waals surface area contributed by atoms with Gasteiger partial charge in [-0.1, -0.05) is 17.7 Å². The van der Waals surface area contributed by atoms with Crippen LogP contribution in [0, 0.1) is 6.92 Å². The van der Waals surface area contributed by atoms with Gasteiger partial charge in [0.25, 0.3) is 0 Å². The average Bonchev–Trinajstić information content (AvgIpc) is 2.32. The highest BCUT2D eigenvalue weighted by Crippen LogP contribution is 2.09. The van der Waals surface area contributed by atoms with Gasteiger partial charge in [0.15, 0.2) is 0 Å². The fourth-order valence-corrected chi connectivity index (χ4v) is 1.47. The third-order valence-electron chi connectivity index (χ3n) is 2.57. The number of carboxylic acid groups (broad SMARTS) is 1. The molecule has 1 rings (SSSR count). The van der Waals surface area contributed by atoms with E-state index in [0.717, 1.165) is 5.56 Å². The molecule has 0 saturated heterocycles.